The molecule has 3 amide bonds. The SMILES string of the molecule is C[C@@H]1C[C@H](C)CN(S(=O)(=O)c2cccc(C(=O)O[C@@H](C)C(=O)N3CCNC3=O)c2)C1. The van der Waals surface area contributed by atoms with Gasteiger partial charge in [0.1, 0.15) is 0 Å². The van der Waals surface area contributed by atoms with Crippen molar-refractivity contribution in [3.05, 3.63) is 29.8 Å². The second-order valence-corrected chi connectivity index (χ2v) is 10.0. The van der Waals surface area contributed by atoms with E-state index in [1.54, 1.807) is 0 Å². The summed E-state index contributed by atoms with van der Waals surface area (Å²) in [6.45, 7) is 6.84. The summed E-state index contributed by atoms with van der Waals surface area (Å²) in [5.74, 6) is -0.941. The van der Waals surface area contributed by atoms with Gasteiger partial charge < -0.3 is 10.1 Å². The zero-order valence-electron chi connectivity index (χ0n) is 17.3. The Kier molecular flexibility index (Phi) is 6.47. The number of benzene rings is 1. The molecule has 2 aliphatic heterocycles. The molecule has 0 aliphatic carbocycles. The van der Waals surface area contributed by atoms with Gasteiger partial charge in [-0.1, -0.05) is 19.9 Å². The quantitative estimate of drug-likeness (QED) is 0.698. The fourth-order valence-corrected chi connectivity index (χ4v) is 5.64. The van der Waals surface area contributed by atoms with Gasteiger partial charge in [0.2, 0.25) is 10.0 Å². The third-order valence-electron chi connectivity index (χ3n) is 5.30. The highest BCUT2D eigenvalue weighted by atomic mass is 32.2. The third kappa shape index (κ3) is 4.65. The molecule has 0 bridgehead atoms. The predicted molar refractivity (Wildman–Crippen MR) is 108 cm³/mol. The van der Waals surface area contributed by atoms with Crippen LogP contribution in [0.5, 0.6) is 0 Å². The highest BCUT2D eigenvalue weighted by molar-refractivity contribution is 7.89. The average molecular weight is 438 g/mol. The number of carbonyl (C=O) groups is 3. The van der Waals surface area contributed by atoms with Crippen molar-refractivity contribution < 1.29 is 27.5 Å². The Morgan fingerprint density at radius 2 is 1.87 bits per heavy atom. The zero-order valence-corrected chi connectivity index (χ0v) is 18.1. The molecule has 0 spiro atoms. The van der Waals surface area contributed by atoms with E-state index in [4.69, 9.17) is 4.74 Å². The van der Waals surface area contributed by atoms with Gasteiger partial charge >= 0.3 is 12.0 Å². The van der Waals surface area contributed by atoms with Crippen LogP contribution < -0.4 is 5.32 Å². The summed E-state index contributed by atoms with van der Waals surface area (Å²) >= 11 is 0. The first kappa shape index (κ1) is 22.2. The highest BCUT2D eigenvalue weighted by Crippen LogP contribution is 2.27. The minimum absolute atomic E-state index is 0.0103. The lowest BCUT2D eigenvalue weighted by molar-refractivity contribution is -0.136. The van der Waals surface area contributed by atoms with E-state index < -0.39 is 34.0 Å². The fraction of sp³-hybridized carbons (Fsp3) is 0.550. The minimum atomic E-state index is -3.75. The number of sulfonamides is 1. The van der Waals surface area contributed by atoms with Crippen molar-refractivity contribution in [2.75, 3.05) is 26.2 Å². The van der Waals surface area contributed by atoms with Crippen molar-refractivity contribution in [2.24, 2.45) is 11.8 Å². The van der Waals surface area contributed by atoms with E-state index in [9.17, 15) is 22.8 Å². The summed E-state index contributed by atoms with van der Waals surface area (Å²) in [7, 11) is -3.75. The van der Waals surface area contributed by atoms with E-state index in [0.29, 0.717) is 19.6 Å². The number of rotatable bonds is 5. The van der Waals surface area contributed by atoms with Crippen LogP contribution in [0.25, 0.3) is 0 Å². The van der Waals surface area contributed by atoms with Crippen molar-refractivity contribution in [3.63, 3.8) is 0 Å². The van der Waals surface area contributed by atoms with Crippen molar-refractivity contribution in [1.82, 2.24) is 14.5 Å². The van der Waals surface area contributed by atoms with Gasteiger partial charge in [0.25, 0.3) is 5.91 Å². The smallest absolute Gasteiger partial charge is 0.338 e. The molecule has 3 atom stereocenters. The number of esters is 1. The Balaban J connectivity index is 1.73. The molecule has 0 aromatic heterocycles. The van der Waals surface area contributed by atoms with Crippen molar-refractivity contribution in [1.29, 1.82) is 0 Å². The normalized spacial score (nSPS) is 23.7. The van der Waals surface area contributed by atoms with E-state index in [-0.39, 0.29) is 28.8 Å². The molecule has 164 valence electrons. The van der Waals surface area contributed by atoms with Crippen molar-refractivity contribution in [3.8, 4) is 0 Å². The summed E-state index contributed by atoms with van der Waals surface area (Å²) in [6, 6.07) is 5.09. The second kappa shape index (κ2) is 8.73. The summed E-state index contributed by atoms with van der Waals surface area (Å²) in [4.78, 5) is 37.4. The van der Waals surface area contributed by atoms with Gasteiger partial charge in [0, 0.05) is 26.2 Å². The Morgan fingerprint density at radius 1 is 1.20 bits per heavy atom. The molecule has 1 aromatic carbocycles. The van der Waals surface area contributed by atoms with Crippen molar-refractivity contribution >= 4 is 27.9 Å². The van der Waals surface area contributed by atoms with Gasteiger partial charge in [0.15, 0.2) is 6.10 Å². The van der Waals surface area contributed by atoms with E-state index in [2.05, 4.69) is 5.32 Å². The molecule has 3 rings (SSSR count). The first-order chi connectivity index (χ1) is 14.1. The fourth-order valence-electron chi connectivity index (χ4n) is 3.91. The number of hydrogen-bond acceptors (Lipinski definition) is 6. The minimum Gasteiger partial charge on any atom is -0.449 e. The van der Waals surface area contributed by atoms with Gasteiger partial charge in [-0.15, -0.1) is 0 Å². The largest absolute Gasteiger partial charge is 0.449 e. The molecule has 0 saturated carbocycles. The van der Waals surface area contributed by atoms with Gasteiger partial charge in [-0.2, -0.15) is 4.31 Å². The van der Waals surface area contributed by atoms with Crippen LogP contribution in [0.2, 0.25) is 0 Å². The number of piperidine rings is 1. The molecule has 10 heteroatoms. The van der Waals surface area contributed by atoms with Crippen LogP contribution in [-0.4, -0.2) is 67.8 Å². The number of carbonyl (C=O) groups excluding carboxylic acids is 3. The monoisotopic (exact) mass is 437 g/mol. The van der Waals surface area contributed by atoms with E-state index in [1.165, 1.54) is 35.5 Å². The van der Waals surface area contributed by atoms with E-state index >= 15 is 0 Å². The molecule has 2 aliphatic rings. The number of imide groups is 1. The molecule has 1 aromatic rings. The lowest BCUT2D eigenvalue weighted by Gasteiger charge is -2.34. The topological polar surface area (TPSA) is 113 Å². The third-order valence-corrected chi connectivity index (χ3v) is 7.12. The lowest BCUT2D eigenvalue weighted by atomic mass is 9.94. The average Bonchev–Trinajstić information content (AvgIpc) is 3.12. The van der Waals surface area contributed by atoms with Crippen LogP contribution in [0.4, 0.5) is 4.79 Å². The number of ether oxygens (including phenoxy) is 1. The van der Waals surface area contributed by atoms with Gasteiger partial charge in [0.05, 0.1) is 10.5 Å². The number of nitrogens with zero attached hydrogens (tertiary/aromatic N) is 2. The molecular weight excluding hydrogens is 410 g/mol. The molecule has 2 saturated heterocycles. The Bertz CT molecular complexity index is 938. The molecular formula is C20H27N3O6S. The van der Waals surface area contributed by atoms with Gasteiger partial charge in [-0.05, 0) is 43.4 Å². The maximum absolute atomic E-state index is 13.1. The van der Waals surface area contributed by atoms with Crippen LogP contribution in [0, 0.1) is 11.8 Å². The number of urea groups is 1. The van der Waals surface area contributed by atoms with Gasteiger partial charge in [-0.3, -0.25) is 9.69 Å². The number of amides is 3. The van der Waals surface area contributed by atoms with E-state index in [1.807, 2.05) is 13.8 Å². The molecule has 30 heavy (non-hydrogen) atoms. The van der Waals surface area contributed by atoms with Crippen LogP contribution in [0.15, 0.2) is 29.2 Å². The number of nitrogens with one attached hydrogen (secondary N) is 1. The van der Waals surface area contributed by atoms with Gasteiger partial charge in [-0.25, -0.2) is 18.0 Å². The maximum atomic E-state index is 13.1. The Labute approximate surface area is 176 Å². The zero-order chi connectivity index (χ0) is 22.1. The highest BCUT2D eigenvalue weighted by Gasteiger charge is 2.33. The standard InChI is InChI=1S/C20H27N3O6S/c1-13-9-14(2)12-22(11-13)30(27,28)17-6-4-5-16(10-17)19(25)29-15(3)18(24)23-8-7-21-20(23)26/h4-6,10,13-15H,7-9,11-12H2,1-3H3,(H,21,26)/t13-,14+,15-/m0/s1. The summed E-state index contributed by atoms with van der Waals surface area (Å²) < 4.78 is 32.8. The van der Waals surface area contributed by atoms with Crippen molar-refractivity contribution in [2.45, 2.75) is 38.2 Å². The molecule has 0 unspecified atom stereocenters. The first-order valence-electron chi connectivity index (χ1n) is 10.00. The summed E-state index contributed by atoms with van der Waals surface area (Å²) in [5, 5.41) is 2.51. The first-order valence-corrected chi connectivity index (χ1v) is 11.4. The van der Waals surface area contributed by atoms with Crippen LogP contribution >= 0.6 is 0 Å². The Morgan fingerprint density at radius 3 is 2.47 bits per heavy atom. The maximum Gasteiger partial charge on any atom is 0.338 e. The molecule has 1 N–H and O–H groups in total. The molecule has 2 heterocycles. The molecule has 2 fully saturated rings. The van der Waals surface area contributed by atoms with Crippen LogP contribution in [0.1, 0.15) is 37.6 Å². The lowest BCUT2D eigenvalue weighted by Crippen LogP contribution is -2.42. The summed E-state index contributed by atoms with van der Waals surface area (Å²) in [6.07, 6.45) is -0.204. The summed E-state index contributed by atoms with van der Waals surface area (Å²) in [5.41, 5.74) is 0.0275. The number of hydrogen-bond donors (Lipinski definition) is 1. The second-order valence-electron chi connectivity index (χ2n) is 8.07. The molecule has 9 nitrogen and oxygen atoms in total. The van der Waals surface area contributed by atoms with Crippen LogP contribution in [-0.2, 0) is 19.6 Å². The predicted octanol–water partition coefficient (Wildman–Crippen LogP) is 1.45. The van der Waals surface area contributed by atoms with E-state index in [0.717, 1.165) is 11.3 Å². The van der Waals surface area contributed by atoms with Crippen LogP contribution in [0.3, 0.4) is 0 Å². The molecule has 0 radical (unpaired) electrons. The Hall–Kier alpha value is -2.46.